The lowest BCUT2D eigenvalue weighted by Crippen LogP contribution is -2.22. The predicted octanol–water partition coefficient (Wildman–Crippen LogP) is 5.26. The van der Waals surface area contributed by atoms with Gasteiger partial charge in [-0.25, -0.2) is 4.98 Å². The number of ether oxygens (including phenoxy) is 1. The summed E-state index contributed by atoms with van der Waals surface area (Å²) in [5, 5.41) is 2.03. The number of aromatic nitrogens is 3. The molecule has 0 bridgehead atoms. The maximum atomic E-state index is 13.1. The lowest BCUT2D eigenvalue weighted by Gasteiger charge is -2.13. The molecule has 0 unspecified atom stereocenters. The number of rotatable bonds is 6. The van der Waals surface area contributed by atoms with E-state index in [9.17, 15) is 4.79 Å². The van der Waals surface area contributed by atoms with Crippen molar-refractivity contribution in [3.8, 4) is 11.4 Å². The second-order valence-corrected chi connectivity index (χ2v) is 7.89. The van der Waals surface area contributed by atoms with Crippen LogP contribution in [0.3, 0.4) is 0 Å². The first kappa shape index (κ1) is 19.8. The van der Waals surface area contributed by atoms with Gasteiger partial charge in [0.05, 0.1) is 39.4 Å². The van der Waals surface area contributed by atoms with Gasteiger partial charge in [-0.05, 0) is 36.4 Å². The van der Waals surface area contributed by atoms with Gasteiger partial charge in [-0.15, -0.1) is 0 Å². The number of hydrogen-bond acceptors (Lipinski definition) is 5. The summed E-state index contributed by atoms with van der Waals surface area (Å²) in [5.74, 6) is 1.000. The molecule has 0 aliphatic carbocycles. The van der Waals surface area contributed by atoms with E-state index in [0.29, 0.717) is 49.9 Å². The summed E-state index contributed by atoms with van der Waals surface area (Å²) in [6, 6.07) is 16.1. The minimum Gasteiger partial charge on any atom is -0.490 e. The number of thioether (sulfide) groups is 1. The molecule has 4 rings (SSSR count). The number of para-hydroxylation sites is 2. The molecule has 0 atom stereocenters. The summed E-state index contributed by atoms with van der Waals surface area (Å²) in [4.78, 5) is 21.9. The molecule has 29 heavy (non-hydrogen) atoms. The van der Waals surface area contributed by atoms with Crippen LogP contribution in [0.15, 0.2) is 76.9 Å². The molecule has 0 aliphatic heterocycles. The van der Waals surface area contributed by atoms with Crippen molar-refractivity contribution < 1.29 is 4.74 Å². The smallest absolute Gasteiger partial charge is 0.266 e. The Labute approximate surface area is 181 Å². The summed E-state index contributed by atoms with van der Waals surface area (Å²) in [6.07, 6.45) is 3.30. The zero-order valence-corrected chi connectivity index (χ0v) is 17.4. The van der Waals surface area contributed by atoms with Crippen LogP contribution in [0.1, 0.15) is 0 Å². The fourth-order valence-electron chi connectivity index (χ4n) is 2.82. The van der Waals surface area contributed by atoms with Crippen molar-refractivity contribution in [3.63, 3.8) is 0 Å². The lowest BCUT2D eigenvalue weighted by molar-refractivity contribution is 0.344. The van der Waals surface area contributed by atoms with Crippen molar-refractivity contribution in [1.82, 2.24) is 14.5 Å². The number of halogens is 2. The Morgan fingerprint density at radius 2 is 1.79 bits per heavy atom. The zero-order chi connectivity index (χ0) is 20.2. The Kier molecular flexibility index (Phi) is 6.04. The Hall–Kier alpha value is -2.54. The van der Waals surface area contributed by atoms with E-state index in [1.54, 1.807) is 47.3 Å². The third-order valence-electron chi connectivity index (χ3n) is 4.13. The lowest BCUT2D eigenvalue weighted by atomic mass is 10.2. The van der Waals surface area contributed by atoms with Crippen LogP contribution in [-0.4, -0.2) is 26.9 Å². The number of nitrogens with zero attached hydrogens (tertiary/aromatic N) is 3. The first-order valence-corrected chi connectivity index (χ1v) is 10.5. The summed E-state index contributed by atoms with van der Waals surface area (Å²) in [7, 11) is 0. The van der Waals surface area contributed by atoms with E-state index in [2.05, 4.69) is 9.97 Å². The van der Waals surface area contributed by atoms with Crippen LogP contribution < -0.4 is 10.3 Å². The van der Waals surface area contributed by atoms with Gasteiger partial charge < -0.3 is 4.74 Å². The van der Waals surface area contributed by atoms with Gasteiger partial charge in [-0.2, -0.15) is 0 Å². The number of hydrogen-bond donors (Lipinski definition) is 0. The van der Waals surface area contributed by atoms with Crippen LogP contribution in [0, 0.1) is 0 Å². The van der Waals surface area contributed by atoms with Crippen molar-refractivity contribution in [2.75, 3.05) is 12.4 Å². The first-order valence-electron chi connectivity index (χ1n) is 8.77. The van der Waals surface area contributed by atoms with Gasteiger partial charge in [0.2, 0.25) is 0 Å². The summed E-state index contributed by atoms with van der Waals surface area (Å²) >= 11 is 13.7. The molecule has 0 aliphatic rings. The highest BCUT2D eigenvalue weighted by Crippen LogP contribution is 2.32. The topological polar surface area (TPSA) is 57.0 Å². The Bertz CT molecular complexity index is 1200. The molecule has 4 aromatic rings. The van der Waals surface area contributed by atoms with Crippen molar-refractivity contribution in [2.24, 2.45) is 0 Å². The standard InChI is InChI=1S/C21H15Cl2N3O2S/c22-16-7-3-8-17(23)19(16)28-11-12-29-21-25-18-9-2-1-6-15(18)20(27)26(21)14-5-4-10-24-13-14/h1-10,13H,11-12H2. The maximum absolute atomic E-state index is 13.1. The third-order valence-corrected chi connectivity index (χ3v) is 5.63. The van der Waals surface area contributed by atoms with Crippen LogP contribution in [-0.2, 0) is 0 Å². The zero-order valence-electron chi connectivity index (χ0n) is 15.1. The highest BCUT2D eigenvalue weighted by atomic mass is 35.5. The van der Waals surface area contributed by atoms with Gasteiger partial charge >= 0.3 is 0 Å². The van der Waals surface area contributed by atoms with Gasteiger partial charge in [-0.3, -0.25) is 14.3 Å². The molecule has 0 fully saturated rings. The van der Waals surface area contributed by atoms with E-state index >= 15 is 0 Å². The number of benzene rings is 2. The van der Waals surface area contributed by atoms with Crippen molar-refractivity contribution >= 4 is 45.9 Å². The van der Waals surface area contributed by atoms with E-state index in [1.807, 2.05) is 24.3 Å². The Morgan fingerprint density at radius 3 is 2.55 bits per heavy atom. The average Bonchev–Trinajstić information content (AvgIpc) is 2.74. The molecule has 0 spiro atoms. The van der Waals surface area contributed by atoms with E-state index < -0.39 is 0 Å². The first-order chi connectivity index (χ1) is 14.1. The minimum absolute atomic E-state index is 0.138. The van der Waals surface area contributed by atoms with E-state index in [0.717, 1.165) is 0 Å². The molecule has 0 N–H and O–H groups in total. The average molecular weight is 444 g/mol. The van der Waals surface area contributed by atoms with Gasteiger partial charge in [0.15, 0.2) is 10.9 Å². The van der Waals surface area contributed by atoms with Crippen LogP contribution in [0.5, 0.6) is 5.75 Å². The van der Waals surface area contributed by atoms with E-state index in [-0.39, 0.29) is 5.56 Å². The summed E-state index contributed by atoms with van der Waals surface area (Å²) in [5.41, 5.74) is 1.17. The molecule has 5 nitrogen and oxygen atoms in total. The van der Waals surface area contributed by atoms with Crippen molar-refractivity contribution in [3.05, 3.63) is 87.4 Å². The molecular formula is C21H15Cl2N3O2S. The van der Waals surface area contributed by atoms with E-state index in [4.69, 9.17) is 27.9 Å². The van der Waals surface area contributed by atoms with Crippen molar-refractivity contribution in [2.45, 2.75) is 5.16 Å². The quantitative estimate of drug-likeness (QED) is 0.231. The molecule has 0 saturated heterocycles. The number of fused-ring (bicyclic) bond motifs is 1. The van der Waals surface area contributed by atoms with Crippen molar-refractivity contribution in [1.29, 1.82) is 0 Å². The highest BCUT2D eigenvalue weighted by molar-refractivity contribution is 7.99. The molecule has 2 heterocycles. The highest BCUT2D eigenvalue weighted by Gasteiger charge is 2.14. The molecule has 0 amide bonds. The third kappa shape index (κ3) is 4.24. The van der Waals surface area contributed by atoms with Crippen LogP contribution in [0.25, 0.3) is 16.6 Å². The minimum atomic E-state index is -0.138. The van der Waals surface area contributed by atoms with Gasteiger partial charge in [0.25, 0.3) is 5.56 Å². The second kappa shape index (κ2) is 8.86. The Balaban J connectivity index is 1.62. The monoisotopic (exact) mass is 443 g/mol. The summed E-state index contributed by atoms with van der Waals surface area (Å²) in [6.45, 7) is 0.351. The molecule has 2 aromatic heterocycles. The SMILES string of the molecule is O=c1c2ccccc2nc(SCCOc2c(Cl)cccc2Cl)n1-c1cccnc1. The van der Waals surface area contributed by atoms with Crippen LogP contribution in [0.4, 0.5) is 0 Å². The van der Waals surface area contributed by atoms with Crippen LogP contribution in [0.2, 0.25) is 10.0 Å². The summed E-state index contributed by atoms with van der Waals surface area (Å²) < 4.78 is 7.31. The molecule has 2 aromatic carbocycles. The number of pyridine rings is 1. The molecule has 8 heteroatoms. The van der Waals surface area contributed by atoms with Gasteiger partial charge in [-0.1, -0.05) is 53.2 Å². The van der Waals surface area contributed by atoms with Gasteiger partial charge in [0.1, 0.15) is 0 Å². The fraction of sp³-hybridized carbons (Fsp3) is 0.0952. The molecule has 0 saturated carbocycles. The normalized spacial score (nSPS) is 11.0. The maximum Gasteiger partial charge on any atom is 0.266 e. The predicted molar refractivity (Wildman–Crippen MR) is 118 cm³/mol. The molecule has 0 radical (unpaired) electrons. The van der Waals surface area contributed by atoms with E-state index in [1.165, 1.54) is 11.8 Å². The Morgan fingerprint density at radius 1 is 1.00 bits per heavy atom. The van der Waals surface area contributed by atoms with Gasteiger partial charge in [0, 0.05) is 11.9 Å². The molecule has 146 valence electrons. The molecular weight excluding hydrogens is 429 g/mol. The van der Waals surface area contributed by atoms with Crippen LogP contribution >= 0.6 is 35.0 Å². The second-order valence-electron chi connectivity index (χ2n) is 6.01. The largest absolute Gasteiger partial charge is 0.490 e. The fourth-order valence-corrected chi connectivity index (χ4v) is 4.16.